The van der Waals surface area contributed by atoms with E-state index < -0.39 is 5.91 Å². The molecule has 1 aromatic heterocycles. The topological polar surface area (TPSA) is 117 Å². The minimum atomic E-state index is -0.645. The van der Waals surface area contributed by atoms with Gasteiger partial charge in [0.05, 0.1) is 45.5 Å². The van der Waals surface area contributed by atoms with Crippen molar-refractivity contribution in [2.24, 2.45) is 5.73 Å². The molecule has 0 saturated carbocycles. The molecule has 0 radical (unpaired) electrons. The Morgan fingerprint density at radius 2 is 1.91 bits per heavy atom. The Hall–Kier alpha value is -3.54. The molecule has 162 valence electrons. The van der Waals surface area contributed by atoms with Crippen molar-refractivity contribution in [3.63, 3.8) is 0 Å². The summed E-state index contributed by atoms with van der Waals surface area (Å²) >= 11 is 12.2. The summed E-state index contributed by atoms with van der Waals surface area (Å²) < 4.78 is 1.73. The largest absolute Gasteiger partial charge is 0.365 e. The number of primary amides is 1. The number of nitrogens with zero attached hydrogens (tertiary/aromatic N) is 4. The van der Waals surface area contributed by atoms with Crippen molar-refractivity contribution < 1.29 is 9.59 Å². The zero-order chi connectivity index (χ0) is 23.0. The van der Waals surface area contributed by atoms with Gasteiger partial charge in [-0.2, -0.15) is 10.4 Å². The summed E-state index contributed by atoms with van der Waals surface area (Å²) in [5.74, 6) is -0.645. The van der Waals surface area contributed by atoms with Gasteiger partial charge in [-0.25, -0.2) is 4.79 Å². The van der Waals surface area contributed by atoms with Crippen LogP contribution in [-0.2, 0) is 6.54 Å². The number of urea groups is 1. The van der Waals surface area contributed by atoms with Crippen LogP contribution in [0, 0.1) is 11.3 Å². The third-order valence-corrected chi connectivity index (χ3v) is 5.98. The lowest BCUT2D eigenvalue weighted by Crippen LogP contribution is -2.43. The van der Waals surface area contributed by atoms with E-state index in [4.69, 9.17) is 34.2 Å². The number of amides is 3. The molecule has 0 bridgehead atoms. The van der Waals surface area contributed by atoms with E-state index in [0.29, 0.717) is 44.8 Å². The number of halogens is 2. The molecule has 4 rings (SSSR count). The first-order valence-electron chi connectivity index (χ1n) is 9.71. The van der Waals surface area contributed by atoms with E-state index in [2.05, 4.69) is 10.4 Å². The van der Waals surface area contributed by atoms with Crippen molar-refractivity contribution in [2.45, 2.75) is 19.5 Å². The second kappa shape index (κ2) is 8.54. The van der Waals surface area contributed by atoms with Gasteiger partial charge in [0.1, 0.15) is 5.69 Å². The second-order valence-corrected chi connectivity index (χ2v) is 8.27. The highest BCUT2D eigenvalue weighted by atomic mass is 35.5. The number of nitrogens with one attached hydrogen (secondary N) is 1. The average Bonchev–Trinajstić information content (AvgIpc) is 3.16. The molecule has 1 aliphatic heterocycles. The monoisotopic (exact) mass is 468 g/mol. The third kappa shape index (κ3) is 4.00. The first-order chi connectivity index (χ1) is 15.3. The number of carbonyl (C=O) groups is 2. The lowest BCUT2D eigenvalue weighted by molar-refractivity contribution is 0.0997. The van der Waals surface area contributed by atoms with Gasteiger partial charge in [0.15, 0.2) is 0 Å². The van der Waals surface area contributed by atoms with Gasteiger partial charge in [0, 0.05) is 17.8 Å². The molecular formula is C22H18Cl2N6O2. The smallest absolute Gasteiger partial charge is 0.322 e. The maximum absolute atomic E-state index is 12.9. The van der Waals surface area contributed by atoms with E-state index in [1.54, 1.807) is 52.0 Å². The van der Waals surface area contributed by atoms with Crippen LogP contribution in [-0.4, -0.2) is 33.2 Å². The normalized spacial score (nSPS) is 15.1. The Balaban J connectivity index is 1.66. The quantitative estimate of drug-likeness (QED) is 0.590. The number of benzene rings is 2. The third-order valence-electron chi connectivity index (χ3n) is 5.24. The highest BCUT2D eigenvalue weighted by molar-refractivity contribution is 6.42. The zero-order valence-electron chi connectivity index (χ0n) is 17.0. The van der Waals surface area contributed by atoms with Crippen LogP contribution in [0.15, 0.2) is 42.5 Å². The van der Waals surface area contributed by atoms with E-state index in [0.717, 1.165) is 0 Å². The van der Waals surface area contributed by atoms with Crippen LogP contribution >= 0.6 is 23.2 Å². The standard InChI is InChI=1S/C22H18Cl2N6O2/c1-12-10-29(22(32)27-15-5-2-13(9-25)3-6-15)11-18-19(21(26)31)20(28-30(12)18)14-4-7-16(23)17(24)8-14/h2-8,12H,10-11H2,1H3,(H2,26,31)(H,27,32). The summed E-state index contributed by atoms with van der Waals surface area (Å²) in [6.45, 7) is 2.44. The molecule has 10 heteroatoms. The Morgan fingerprint density at radius 3 is 2.53 bits per heavy atom. The summed E-state index contributed by atoms with van der Waals surface area (Å²) in [6, 6.07) is 13.0. The summed E-state index contributed by atoms with van der Waals surface area (Å²) in [6.07, 6.45) is 0. The van der Waals surface area contributed by atoms with Crippen molar-refractivity contribution in [1.82, 2.24) is 14.7 Å². The number of fused-ring (bicyclic) bond motifs is 1. The van der Waals surface area contributed by atoms with Crippen molar-refractivity contribution >= 4 is 40.8 Å². The number of anilines is 1. The van der Waals surface area contributed by atoms with Gasteiger partial charge in [0.2, 0.25) is 0 Å². The molecule has 0 fully saturated rings. The predicted octanol–water partition coefficient (Wildman–Crippen LogP) is 4.44. The molecule has 1 unspecified atom stereocenters. The lowest BCUT2D eigenvalue weighted by atomic mass is 10.0. The first-order valence-corrected chi connectivity index (χ1v) is 10.5. The van der Waals surface area contributed by atoms with Crippen LogP contribution in [0.4, 0.5) is 10.5 Å². The van der Waals surface area contributed by atoms with Crippen LogP contribution in [0.5, 0.6) is 0 Å². The Morgan fingerprint density at radius 1 is 1.19 bits per heavy atom. The maximum Gasteiger partial charge on any atom is 0.322 e. The van der Waals surface area contributed by atoms with Gasteiger partial charge in [-0.05, 0) is 43.3 Å². The minimum Gasteiger partial charge on any atom is -0.365 e. The highest BCUT2D eigenvalue weighted by Crippen LogP contribution is 2.34. The van der Waals surface area contributed by atoms with Gasteiger partial charge >= 0.3 is 6.03 Å². The van der Waals surface area contributed by atoms with E-state index in [-0.39, 0.29) is 24.2 Å². The van der Waals surface area contributed by atoms with Crippen molar-refractivity contribution in [3.05, 3.63) is 69.3 Å². The van der Waals surface area contributed by atoms with Crippen molar-refractivity contribution in [3.8, 4) is 17.3 Å². The van der Waals surface area contributed by atoms with Gasteiger partial charge in [-0.3, -0.25) is 9.48 Å². The SMILES string of the molecule is CC1CN(C(=O)Nc2ccc(C#N)cc2)Cc2c(C(N)=O)c(-c3ccc(Cl)c(Cl)c3)nn21. The van der Waals surface area contributed by atoms with Gasteiger partial charge < -0.3 is 16.0 Å². The molecule has 3 amide bonds. The molecule has 2 aromatic carbocycles. The fraction of sp³-hybridized carbons (Fsp3) is 0.182. The molecule has 3 aromatic rings. The summed E-state index contributed by atoms with van der Waals surface area (Å²) in [5, 5.41) is 17.1. The lowest BCUT2D eigenvalue weighted by Gasteiger charge is -2.32. The summed E-state index contributed by atoms with van der Waals surface area (Å²) in [4.78, 5) is 26.9. The summed E-state index contributed by atoms with van der Waals surface area (Å²) in [7, 11) is 0. The van der Waals surface area contributed by atoms with Crippen LogP contribution in [0.2, 0.25) is 10.0 Å². The molecular weight excluding hydrogens is 451 g/mol. The van der Waals surface area contributed by atoms with Crippen LogP contribution in [0.3, 0.4) is 0 Å². The number of nitriles is 1. The maximum atomic E-state index is 12.9. The Labute approximate surface area is 194 Å². The van der Waals surface area contributed by atoms with E-state index in [1.165, 1.54) is 0 Å². The Kier molecular flexibility index (Phi) is 5.78. The molecule has 0 aliphatic carbocycles. The van der Waals surface area contributed by atoms with Gasteiger partial charge in [0.25, 0.3) is 5.91 Å². The van der Waals surface area contributed by atoms with E-state index >= 15 is 0 Å². The fourth-order valence-electron chi connectivity index (χ4n) is 3.72. The van der Waals surface area contributed by atoms with Crippen molar-refractivity contribution in [1.29, 1.82) is 5.26 Å². The molecule has 1 aliphatic rings. The first kappa shape index (κ1) is 21.7. The fourth-order valence-corrected chi connectivity index (χ4v) is 4.01. The number of nitrogens with two attached hydrogens (primary N) is 1. The Bertz CT molecular complexity index is 1260. The molecule has 0 saturated heterocycles. The summed E-state index contributed by atoms with van der Waals surface area (Å²) in [5.41, 5.74) is 8.56. The minimum absolute atomic E-state index is 0.152. The number of rotatable bonds is 3. The van der Waals surface area contributed by atoms with Gasteiger partial charge in [-0.1, -0.05) is 29.3 Å². The highest BCUT2D eigenvalue weighted by Gasteiger charge is 2.33. The molecule has 3 N–H and O–H groups in total. The molecule has 32 heavy (non-hydrogen) atoms. The number of hydrogen-bond donors (Lipinski definition) is 2. The number of aromatic nitrogens is 2. The van der Waals surface area contributed by atoms with Gasteiger partial charge in [-0.15, -0.1) is 0 Å². The van der Waals surface area contributed by atoms with Crippen LogP contribution in [0.1, 0.15) is 34.6 Å². The van der Waals surface area contributed by atoms with Crippen molar-refractivity contribution in [2.75, 3.05) is 11.9 Å². The molecule has 8 nitrogen and oxygen atoms in total. The molecule has 0 spiro atoms. The average molecular weight is 469 g/mol. The number of hydrogen-bond acceptors (Lipinski definition) is 4. The molecule has 1 atom stereocenters. The zero-order valence-corrected chi connectivity index (χ0v) is 18.5. The van der Waals surface area contributed by atoms with Crippen LogP contribution < -0.4 is 11.1 Å². The predicted molar refractivity (Wildman–Crippen MR) is 121 cm³/mol. The molecule has 2 heterocycles. The second-order valence-electron chi connectivity index (χ2n) is 7.46. The van der Waals surface area contributed by atoms with E-state index in [9.17, 15) is 9.59 Å². The van der Waals surface area contributed by atoms with E-state index in [1.807, 2.05) is 13.0 Å². The number of carbonyl (C=O) groups excluding carboxylic acids is 2. The van der Waals surface area contributed by atoms with Crippen LogP contribution in [0.25, 0.3) is 11.3 Å².